The third kappa shape index (κ3) is 2.93. The fourth-order valence-corrected chi connectivity index (χ4v) is 11.1. The van der Waals surface area contributed by atoms with Crippen molar-refractivity contribution in [3.63, 3.8) is 0 Å². The molecule has 0 radical (unpaired) electrons. The van der Waals surface area contributed by atoms with Crippen LogP contribution in [-0.4, -0.2) is 33.5 Å². The summed E-state index contributed by atoms with van der Waals surface area (Å²) in [5, 5.41) is 31.1. The Morgan fingerprint density at radius 2 is 1.59 bits per heavy atom. The summed E-state index contributed by atoms with van der Waals surface area (Å²) < 4.78 is 0. The standard InChI is InChI=1S/C30H48O4/c1-18(25(33)34)7-8-21(31)19(2)20-11-13-28(6)23-10-9-22-26(3,4)24(32)12-14-29(22)17-30(23,29)16-15-27(20,28)5/h7,19-24,31-32H,8-17H2,1-6H3,(H,33,34)/b18-7+/t19-,20+,21?,22-,23-,24+,27+,28-,29+,30-/m0/s1. The van der Waals surface area contributed by atoms with Crippen molar-refractivity contribution in [2.24, 2.45) is 50.7 Å². The summed E-state index contributed by atoms with van der Waals surface area (Å²) in [6.07, 6.45) is 12.7. The van der Waals surface area contributed by atoms with Crippen LogP contribution in [0.15, 0.2) is 11.6 Å². The molecular weight excluding hydrogens is 424 g/mol. The van der Waals surface area contributed by atoms with E-state index < -0.39 is 12.1 Å². The van der Waals surface area contributed by atoms with Crippen LogP contribution in [0.5, 0.6) is 0 Å². The van der Waals surface area contributed by atoms with E-state index in [9.17, 15) is 20.1 Å². The topological polar surface area (TPSA) is 77.8 Å². The Balaban J connectivity index is 1.39. The van der Waals surface area contributed by atoms with E-state index >= 15 is 0 Å². The summed E-state index contributed by atoms with van der Waals surface area (Å²) in [5.74, 6) is 1.19. The fraction of sp³-hybridized carbons (Fsp3) is 0.900. The molecule has 192 valence electrons. The van der Waals surface area contributed by atoms with Crippen LogP contribution >= 0.6 is 0 Å². The second kappa shape index (κ2) is 7.57. The van der Waals surface area contributed by atoms with E-state index in [1.807, 2.05) is 0 Å². The predicted octanol–water partition coefficient (Wildman–Crippen LogP) is 6.20. The van der Waals surface area contributed by atoms with Crippen molar-refractivity contribution < 1.29 is 20.1 Å². The van der Waals surface area contributed by atoms with Gasteiger partial charge in [-0.3, -0.25) is 0 Å². The van der Waals surface area contributed by atoms with Gasteiger partial charge in [0.1, 0.15) is 0 Å². The molecule has 4 nitrogen and oxygen atoms in total. The number of rotatable bonds is 5. The lowest BCUT2D eigenvalue weighted by atomic mass is 9.41. The number of hydrogen-bond donors (Lipinski definition) is 3. The molecule has 0 heterocycles. The normalized spacial score (nSPS) is 50.9. The van der Waals surface area contributed by atoms with Gasteiger partial charge in [-0.1, -0.05) is 40.7 Å². The van der Waals surface area contributed by atoms with Crippen LogP contribution in [0, 0.1) is 50.7 Å². The van der Waals surface area contributed by atoms with Gasteiger partial charge >= 0.3 is 5.97 Å². The molecule has 2 spiro atoms. The van der Waals surface area contributed by atoms with Crippen molar-refractivity contribution in [2.75, 3.05) is 0 Å². The summed E-state index contributed by atoms with van der Waals surface area (Å²) >= 11 is 0. The molecule has 0 aromatic carbocycles. The van der Waals surface area contributed by atoms with Gasteiger partial charge in [-0.25, -0.2) is 4.79 Å². The van der Waals surface area contributed by atoms with E-state index in [4.69, 9.17) is 0 Å². The fourth-order valence-electron chi connectivity index (χ4n) is 11.1. The smallest absolute Gasteiger partial charge is 0.330 e. The average molecular weight is 473 g/mol. The molecule has 0 aliphatic heterocycles. The molecule has 34 heavy (non-hydrogen) atoms. The van der Waals surface area contributed by atoms with Crippen LogP contribution in [0.3, 0.4) is 0 Å². The second-order valence-electron chi connectivity index (χ2n) is 14.4. The number of carboxylic acid groups (broad SMARTS) is 1. The Kier molecular flexibility index (Phi) is 5.52. The number of aliphatic carboxylic acids is 1. The predicted molar refractivity (Wildman–Crippen MR) is 134 cm³/mol. The lowest BCUT2D eigenvalue weighted by Crippen LogP contribution is -2.57. The first kappa shape index (κ1) is 24.8. The molecular formula is C30H48O4. The van der Waals surface area contributed by atoms with Gasteiger partial charge in [0.15, 0.2) is 0 Å². The van der Waals surface area contributed by atoms with Gasteiger partial charge in [-0.15, -0.1) is 0 Å². The van der Waals surface area contributed by atoms with Crippen LogP contribution in [0.2, 0.25) is 0 Å². The zero-order valence-electron chi connectivity index (χ0n) is 22.4. The highest BCUT2D eigenvalue weighted by Gasteiger charge is 2.82. The summed E-state index contributed by atoms with van der Waals surface area (Å²) in [6.45, 7) is 13.6. The van der Waals surface area contributed by atoms with E-state index in [0.29, 0.717) is 40.1 Å². The zero-order chi connectivity index (χ0) is 24.9. The number of carboxylic acids is 1. The van der Waals surface area contributed by atoms with Gasteiger partial charge in [0.2, 0.25) is 0 Å². The van der Waals surface area contributed by atoms with Gasteiger partial charge in [-0.05, 0) is 122 Å². The molecule has 10 atom stereocenters. The molecule has 1 unspecified atom stereocenters. The Morgan fingerprint density at radius 3 is 2.26 bits per heavy atom. The number of aliphatic hydroxyl groups excluding tert-OH is 2. The van der Waals surface area contributed by atoms with E-state index in [1.165, 1.54) is 51.4 Å². The SMILES string of the molecule is C/C(=C\CC(O)[C@@H](C)[C@H]1CC[C@@]2(C)[C@@H]3CC[C@H]4C(C)(C)[C@H](O)CC[C@@]45C[C@@]35CC[C@]12C)C(=O)O. The molecule has 5 fully saturated rings. The quantitative estimate of drug-likeness (QED) is 0.416. The first-order chi connectivity index (χ1) is 15.8. The molecule has 0 amide bonds. The summed E-state index contributed by atoms with van der Waals surface area (Å²) in [4.78, 5) is 11.2. The van der Waals surface area contributed by atoms with Gasteiger partial charge in [-0.2, -0.15) is 0 Å². The molecule has 0 aromatic rings. The number of fused-ring (bicyclic) bond motifs is 2. The summed E-state index contributed by atoms with van der Waals surface area (Å²) in [6, 6.07) is 0. The minimum absolute atomic E-state index is 0.0345. The maximum atomic E-state index is 11.2. The minimum Gasteiger partial charge on any atom is -0.478 e. The van der Waals surface area contributed by atoms with Gasteiger partial charge in [0.25, 0.3) is 0 Å². The van der Waals surface area contributed by atoms with Crippen molar-refractivity contribution in [1.29, 1.82) is 0 Å². The number of hydrogen-bond acceptors (Lipinski definition) is 3. The molecule has 0 aromatic heterocycles. The van der Waals surface area contributed by atoms with Crippen LogP contribution < -0.4 is 0 Å². The minimum atomic E-state index is -0.898. The highest BCUT2D eigenvalue weighted by Crippen LogP contribution is 2.89. The summed E-state index contributed by atoms with van der Waals surface area (Å²) in [7, 11) is 0. The Hall–Kier alpha value is -0.870. The first-order valence-electron chi connectivity index (χ1n) is 14.0. The van der Waals surface area contributed by atoms with Crippen LogP contribution in [0.25, 0.3) is 0 Å². The highest BCUT2D eigenvalue weighted by atomic mass is 16.4. The Labute approximate surface area is 206 Å². The van der Waals surface area contributed by atoms with E-state index in [2.05, 4.69) is 34.6 Å². The van der Waals surface area contributed by atoms with E-state index in [-0.39, 0.29) is 22.9 Å². The number of carbonyl (C=O) groups is 1. The zero-order valence-corrected chi connectivity index (χ0v) is 22.4. The van der Waals surface area contributed by atoms with Crippen molar-refractivity contribution in [3.05, 3.63) is 11.6 Å². The molecule has 0 saturated heterocycles. The lowest BCUT2D eigenvalue weighted by molar-refractivity contribution is -0.163. The van der Waals surface area contributed by atoms with Gasteiger partial charge in [0.05, 0.1) is 12.2 Å². The molecule has 3 N–H and O–H groups in total. The van der Waals surface area contributed by atoms with Crippen LogP contribution in [-0.2, 0) is 4.79 Å². The van der Waals surface area contributed by atoms with Gasteiger partial charge in [0, 0.05) is 5.57 Å². The van der Waals surface area contributed by atoms with Crippen LogP contribution in [0.4, 0.5) is 0 Å². The van der Waals surface area contributed by atoms with E-state index in [1.54, 1.807) is 13.0 Å². The Morgan fingerprint density at radius 1 is 0.941 bits per heavy atom. The molecule has 5 aliphatic rings. The lowest BCUT2D eigenvalue weighted by Gasteiger charge is -2.63. The van der Waals surface area contributed by atoms with Crippen molar-refractivity contribution in [3.8, 4) is 0 Å². The number of aliphatic hydroxyl groups is 2. The second-order valence-corrected chi connectivity index (χ2v) is 14.4. The van der Waals surface area contributed by atoms with Crippen LogP contribution in [0.1, 0.15) is 106 Å². The van der Waals surface area contributed by atoms with Crippen molar-refractivity contribution >= 4 is 5.97 Å². The largest absolute Gasteiger partial charge is 0.478 e. The monoisotopic (exact) mass is 472 g/mol. The molecule has 5 aliphatic carbocycles. The average Bonchev–Trinajstić information content (AvgIpc) is 3.37. The van der Waals surface area contributed by atoms with E-state index in [0.717, 1.165) is 12.3 Å². The third-order valence-electron chi connectivity index (χ3n) is 13.4. The first-order valence-corrected chi connectivity index (χ1v) is 14.0. The van der Waals surface area contributed by atoms with Crippen molar-refractivity contribution in [1.82, 2.24) is 0 Å². The molecule has 0 bridgehead atoms. The molecule has 5 saturated carbocycles. The maximum Gasteiger partial charge on any atom is 0.330 e. The third-order valence-corrected chi connectivity index (χ3v) is 13.4. The molecule has 5 rings (SSSR count). The van der Waals surface area contributed by atoms with Gasteiger partial charge < -0.3 is 15.3 Å². The Bertz CT molecular complexity index is 892. The van der Waals surface area contributed by atoms with Crippen molar-refractivity contribution in [2.45, 2.75) is 118 Å². The summed E-state index contributed by atoms with van der Waals surface area (Å²) in [5.41, 5.74) is 1.85. The highest BCUT2D eigenvalue weighted by molar-refractivity contribution is 5.85. The maximum absolute atomic E-state index is 11.2. The molecule has 4 heteroatoms.